The Bertz CT molecular complexity index is 1300. The molecule has 3 N–H and O–H groups in total. The number of cyclic esters (lactones) is 1. The van der Waals surface area contributed by atoms with E-state index in [0.29, 0.717) is 32.1 Å². The lowest BCUT2D eigenvalue weighted by Crippen LogP contribution is -2.55. The topological polar surface area (TPSA) is 149 Å². The minimum absolute atomic E-state index is 0.0296. The maximum Gasteiger partial charge on any atom is 0.351 e. The first-order chi connectivity index (χ1) is 23.0. The van der Waals surface area contributed by atoms with E-state index >= 15 is 0 Å². The molecule has 0 aromatic rings. The van der Waals surface area contributed by atoms with E-state index in [1.807, 2.05) is 41.5 Å². The Hall–Kier alpha value is -1.82. The van der Waals surface area contributed by atoms with Crippen LogP contribution in [0.5, 0.6) is 0 Å². The Morgan fingerprint density at radius 2 is 1.69 bits per heavy atom. The molecule has 0 spiro atoms. The summed E-state index contributed by atoms with van der Waals surface area (Å²) in [6.45, 7) is 17.8. The predicted molar refractivity (Wildman–Crippen MR) is 185 cm³/mol. The molecule has 0 unspecified atom stereocenters. The van der Waals surface area contributed by atoms with Gasteiger partial charge >= 0.3 is 5.97 Å². The highest BCUT2D eigenvalue weighted by molar-refractivity contribution is 6.27. The number of aliphatic hydroxyl groups is 3. The number of hydrogen-bond acceptors (Lipinski definition) is 10. The Morgan fingerprint density at radius 3 is 2.24 bits per heavy atom. The molecule has 10 nitrogen and oxygen atoms in total. The summed E-state index contributed by atoms with van der Waals surface area (Å²) in [6.07, 6.45) is 1.76. The normalized spacial score (nSPS) is 40.2. The molecule has 3 saturated heterocycles. The van der Waals surface area contributed by atoms with Crippen molar-refractivity contribution in [3.8, 4) is 0 Å². The molecule has 0 aromatic carbocycles. The van der Waals surface area contributed by atoms with Crippen molar-refractivity contribution < 1.29 is 48.7 Å². The molecular formula is C38H59ClO10. The number of Topliss-reactive ketones (excluding diaryl/α,β-unsaturated/α-hetero) is 2. The molecule has 0 aliphatic carbocycles. The smallest absolute Gasteiger partial charge is 0.351 e. The van der Waals surface area contributed by atoms with Crippen LogP contribution in [-0.4, -0.2) is 80.7 Å². The van der Waals surface area contributed by atoms with Gasteiger partial charge in [0, 0.05) is 24.2 Å². The number of esters is 1. The second-order valence-electron chi connectivity index (χ2n) is 15.5. The number of aliphatic hydroxyl groups excluding tert-OH is 2. The molecule has 4 heterocycles. The summed E-state index contributed by atoms with van der Waals surface area (Å²) < 4.78 is 24.7. The van der Waals surface area contributed by atoms with E-state index in [1.165, 1.54) is 0 Å². The zero-order valence-corrected chi connectivity index (χ0v) is 31.5. The molecule has 49 heavy (non-hydrogen) atoms. The third-order valence-corrected chi connectivity index (χ3v) is 12.7. The van der Waals surface area contributed by atoms with E-state index in [9.17, 15) is 29.7 Å². The first-order valence-corrected chi connectivity index (χ1v) is 18.8. The van der Waals surface area contributed by atoms with E-state index in [-0.39, 0.29) is 54.0 Å². The second kappa shape index (κ2) is 15.8. The van der Waals surface area contributed by atoms with Crippen LogP contribution >= 0.6 is 11.6 Å². The third kappa shape index (κ3) is 7.70. The summed E-state index contributed by atoms with van der Waals surface area (Å²) in [5.74, 6) is -3.87. The Kier molecular flexibility index (Phi) is 12.9. The highest BCUT2D eigenvalue weighted by atomic mass is 35.5. The van der Waals surface area contributed by atoms with Crippen LogP contribution in [0.4, 0.5) is 0 Å². The van der Waals surface area contributed by atoms with E-state index in [4.69, 9.17) is 30.5 Å². The van der Waals surface area contributed by atoms with Crippen molar-refractivity contribution in [3.05, 3.63) is 22.6 Å². The van der Waals surface area contributed by atoms with Crippen LogP contribution < -0.4 is 0 Å². The minimum Gasteiger partial charge on any atom is -0.504 e. The van der Waals surface area contributed by atoms with E-state index in [1.54, 1.807) is 6.92 Å². The van der Waals surface area contributed by atoms with Gasteiger partial charge in [-0.3, -0.25) is 9.59 Å². The molecule has 11 heteroatoms. The van der Waals surface area contributed by atoms with Crippen LogP contribution in [-0.2, 0) is 33.3 Å². The van der Waals surface area contributed by atoms with Crippen LogP contribution in [0.2, 0.25) is 0 Å². The van der Waals surface area contributed by atoms with E-state index < -0.39 is 70.4 Å². The molecule has 4 aliphatic rings. The zero-order chi connectivity index (χ0) is 36.6. The van der Waals surface area contributed by atoms with Crippen LogP contribution in [0.25, 0.3) is 0 Å². The SMILES string of the molecule is CC[C@@H](C(=O)[C@@H](C)[C@H](O)[C@@H](C)[C@H]1O[C@H](CC(=O)C2=C(O)/C(=C/Cl)OC2=O)[C@H](C)C[C@H]1C)[C@H]1O[C@](CC)([C@H]2CC[C@](O)(CC)[C@H](C)O2)C[C@@H]1C. The monoisotopic (exact) mass is 710 g/mol. The number of ether oxygens (including phenoxy) is 4. The van der Waals surface area contributed by atoms with Gasteiger partial charge < -0.3 is 34.3 Å². The van der Waals surface area contributed by atoms with Gasteiger partial charge in [0.25, 0.3) is 0 Å². The third-order valence-electron chi connectivity index (χ3n) is 12.5. The summed E-state index contributed by atoms with van der Waals surface area (Å²) >= 11 is 5.61. The van der Waals surface area contributed by atoms with Gasteiger partial charge in [0.05, 0.1) is 53.4 Å². The second-order valence-corrected chi connectivity index (χ2v) is 15.8. The molecule has 14 atom stereocenters. The quantitative estimate of drug-likeness (QED) is 0.146. The van der Waals surface area contributed by atoms with Crippen LogP contribution in [0.1, 0.15) is 114 Å². The van der Waals surface area contributed by atoms with Gasteiger partial charge in [-0.25, -0.2) is 4.79 Å². The average molecular weight is 711 g/mol. The highest BCUT2D eigenvalue weighted by Crippen LogP contribution is 2.49. The van der Waals surface area contributed by atoms with Gasteiger partial charge in [-0.2, -0.15) is 0 Å². The molecule has 4 aliphatic heterocycles. The molecule has 0 amide bonds. The van der Waals surface area contributed by atoms with Crippen molar-refractivity contribution in [1.29, 1.82) is 0 Å². The maximum atomic E-state index is 14.2. The minimum atomic E-state index is -1.01. The molecule has 0 bridgehead atoms. The fourth-order valence-electron chi connectivity index (χ4n) is 9.12. The molecular weight excluding hydrogens is 652 g/mol. The lowest BCUT2D eigenvalue weighted by Gasteiger charge is -2.47. The van der Waals surface area contributed by atoms with Crippen molar-refractivity contribution in [2.75, 3.05) is 0 Å². The van der Waals surface area contributed by atoms with Crippen LogP contribution in [0, 0.1) is 35.5 Å². The standard InChI is InChI=1S/C38H59ClO10/c1-10-25(35-21(6)17-38(12-3,49-35)29-13-14-37(45,11-2)24(9)46-29)32(42)22(7)31(41)23(8)34-20(5)15-19(4)27(47-34)16-26(40)30-33(43)28(18-39)48-36(30)44/h18-25,27,29,31,34-35,41,43,45H,10-17H2,1-9H3/b28-18-/t19-,20-,21+,22+,23-,24+,25+,27-,29-,31+,34+,35+,37-,38+/m1/s1. The Morgan fingerprint density at radius 1 is 1.02 bits per heavy atom. The fraction of sp³-hybridized carbons (Fsp3) is 0.816. The average Bonchev–Trinajstić information content (AvgIpc) is 3.57. The van der Waals surface area contributed by atoms with Gasteiger partial charge in [-0.1, -0.05) is 67.0 Å². The largest absolute Gasteiger partial charge is 0.504 e. The van der Waals surface area contributed by atoms with Gasteiger partial charge in [0.15, 0.2) is 17.3 Å². The van der Waals surface area contributed by atoms with Gasteiger partial charge in [-0.15, -0.1) is 0 Å². The lowest BCUT2D eigenvalue weighted by atomic mass is 9.74. The number of carbonyl (C=O) groups is 3. The maximum absolute atomic E-state index is 14.2. The first kappa shape index (κ1) is 40.0. The van der Waals surface area contributed by atoms with E-state index in [2.05, 4.69) is 13.8 Å². The summed E-state index contributed by atoms with van der Waals surface area (Å²) in [6, 6.07) is 0. The number of rotatable bonds is 13. The number of carbonyl (C=O) groups excluding carboxylic acids is 3. The number of halogens is 1. The van der Waals surface area contributed by atoms with Crippen molar-refractivity contribution in [2.45, 2.75) is 162 Å². The van der Waals surface area contributed by atoms with Crippen molar-refractivity contribution in [3.63, 3.8) is 0 Å². The van der Waals surface area contributed by atoms with Crippen molar-refractivity contribution in [1.82, 2.24) is 0 Å². The van der Waals surface area contributed by atoms with Gasteiger partial charge in [-0.05, 0) is 69.6 Å². The number of ketones is 2. The molecule has 0 aromatic heterocycles. The van der Waals surface area contributed by atoms with Crippen LogP contribution in [0.3, 0.4) is 0 Å². The van der Waals surface area contributed by atoms with Gasteiger partial charge in [0.2, 0.25) is 0 Å². The molecule has 4 rings (SSSR count). The van der Waals surface area contributed by atoms with Crippen molar-refractivity contribution >= 4 is 29.1 Å². The first-order valence-electron chi connectivity index (χ1n) is 18.4. The molecule has 0 saturated carbocycles. The molecule has 3 fully saturated rings. The fourth-order valence-corrected chi connectivity index (χ4v) is 9.27. The summed E-state index contributed by atoms with van der Waals surface area (Å²) in [4.78, 5) is 39.6. The Balaban J connectivity index is 1.44. The predicted octanol–water partition coefficient (Wildman–Crippen LogP) is 6.34. The van der Waals surface area contributed by atoms with Crippen molar-refractivity contribution in [2.24, 2.45) is 35.5 Å². The zero-order valence-electron chi connectivity index (χ0n) is 30.7. The molecule has 278 valence electrons. The molecule has 0 radical (unpaired) electrons. The van der Waals surface area contributed by atoms with Gasteiger partial charge in [0.1, 0.15) is 11.4 Å². The summed E-state index contributed by atoms with van der Waals surface area (Å²) in [7, 11) is 0. The van der Waals surface area contributed by atoms with E-state index in [0.717, 1.165) is 18.4 Å². The summed E-state index contributed by atoms with van der Waals surface area (Å²) in [5.41, 5.74) is -0.937. The lowest BCUT2D eigenvalue weighted by molar-refractivity contribution is -0.229. The highest BCUT2D eigenvalue weighted by Gasteiger charge is 2.55. The summed E-state index contributed by atoms with van der Waals surface area (Å²) in [5, 5.41) is 33.0. The van der Waals surface area contributed by atoms with Crippen LogP contribution in [0.15, 0.2) is 22.6 Å². The Labute approximate surface area is 296 Å². The number of hydrogen-bond donors (Lipinski definition) is 3.